The van der Waals surface area contributed by atoms with E-state index in [-0.39, 0.29) is 17.1 Å². The highest BCUT2D eigenvalue weighted by Gasteiger charge is 2.10. The molecular weight excluding hydrogens is 503 g/mol. The van der Waals surface area contributed by atoms with Crippen molar-refractivity contribution in [3.8, 4) is 5.75 Å². The van der Waals surface area contributed by atoms with Crippen LogP contribution >= 0.6 is 50.7 Å². The van der Waals surface area contributed by atoms with Gasteiger partial charge in [0, 0.05) is 13.6 Å². The maximum absolute atomic E-state index is 12.2. The third-order valence-corrected chi connectivity index (χ3v) is 4.48. The number of nitrogens with one attached hydrogen (secondary N) is 2. The van der Waals surface area contributed by atoms with E-state index in [0.717, 1.165) is 19.5 Å². The van der Waals surface area contributed by atoms with Crippen LogP contribution in [0.3, 0.4) is 0 Å². The molecule has 0 radical (unpaired) electrons. The lowest BCUT2D eigenvalue weighted by atomic mass is 10.2. The average molecular weight is 519 g/mol. The van der Waals surface area contributed by atoms with Crippen molar-refractivity contribution in [2.75, 3.05) is 5.32 Å². The average Bonchev–Trinajstić information content (AvgIpc) is 2.50. The number of hydrogen-bond donors (Lipinski definition) is 2. The number of hydrogen-bond acceptors (Lipinski definition) is 3. The molecule has 0 bridgehead atoms. The van der Waals surface area contributed by atoms with Gasteiger partial charge in [-0.05, 0) is 91.1 Å². The molecule has 0 fully saturated rings. The Kier molecular flexibility index (Phi) is 7.00. The molecule has 126 valence electrons. The number of halogens is 2. The number of carbonyl (C=O) groups is 1. The van der Waals surface area contributed by atoms with Crippen LogP contribution in [0.4, 0.5) is 5.69 Å². The van der Waals surface area contributed by atoms with Crippen LogP contribution in [0.5, 0.6) is 5.75 Å². The van der Waals surface area contributed by atoms with Gasteiger partial charge in [0.15, 0.2) is 5.11 Å². The quantitative estimate of drug-likeness (QED) is 0.443. The highest BCUT2D eigenvalue weighted by molar-refractivity contribution is 14.1. The van der Waals surface area contributed by atoms with Gasteiger partial charge in [-0.25, -0.2) is 0 Å². The van der Waals surface area contributed by atoms with Crippen molar-refractivity contribution in [3.63, 3.8) is 0 Å². The lowest BCUT2D eigenvalue weighted by molar-refractivity contribution is 0.0977. The molecule has 0 saturated carbocycles. The standard InChI is InChI=1S/C17H16BrIN2O2S/c1-10(2)23-13-6-3-11(4-7-13)16(22)21-17(24)20-15-8-5-12(18)9-14(15)19/h3-10H,1-2H3,(H2,20,21,22,24). The van der Waals surface area contributed by atoms with E-state index in [4.69, 9.17) is 17.0 Å². The molecule has 0 aliphatic rings. The monoisotopic (exact) mass is 518 g/mol. The molecule has 0 atom stereocenters. The minimum absolute atomic E-state index is 0.0924. The van der Waals surface area contributed by atoms with Crippen LogP contribution < -0.4 is 15.4 Å². The zero-order valence-electron chi connectivity index (χ0n) is 13.1. The smallest absolute Gasteiger partial charge is 0.257 e. The molecule has 0 unspecified atom stereocenters. The lowest BCUT2D eigenvalue weighted by Gasteiger charge is -2.12. The van der Waals surface area contributed by atoms with E-state index < -0.39 is 0 Å². The second-order valence-corrected chi connectivity index (χ2v) is 7.71. The van der Waals surface area contributed by atoms with E-state index in [9.17, 15) is 4.79 Å². The molecular formula is C17H16BrIN2O2S. The van der Waals surface area contributed by atoms with Gasteiger partial charge >= 0.3 is 0 Å². The first kappa shape index (κ1) is 19.1. The number of amides is 1. The molecule has 0 saturated heterocycles. The highest BCUT2D eigenvalue weighted by atomic mass is 127. The Morgan fingerprint density at radius 2 is 1.88 bits per heavy atom. The predicted molar refractivity (Wildman–Crippen MR) is 113 cm³/mol. The summed E-state index contributed by atoms with van der Waals surface area (Å²) in [5, 5.41) is 5.95. The number of carbonyl (C=O) groups excluding carboxylic acids is 1. The minimum atomic E-state index is -0.268. The normalized spacial score (nSPS) is 10.4. The topological polar surface area (TPSA) is 50.4 Å². The number of anilines is 1. The maximum atomic E-state index is 12.2. The maximum Gasteiger partial charge on any atom is 0.257 e. The van der Waals surface area contributed by atoms with Gasteiger partial charge in [-0.15, -0.1) is 0 Å². The molecule has 0 aliphatic carbocycles. The van der Waals surface area contributed by atoms with Gasteiger partial charge in [-0.3, -0.25) is 10.1 Å². The van der Waals surface area contributed by atoms with E-state index in [1.54, 1.807) is 24.3 Å². The van der Waals surface area contributed by atoms with Crippen molar-refractivity contribution in [2.24, 2.45) is 0 Å². The number of thiocarbonyl (C=S) groups is 1. The summed E-state index contributed by atoms with van der Waals surface area (Å²) >= 11 is 10.8. The van der Waals surface area contributed by atoms with E-state index in [1.165, 1.54) is 0 Å². The number of benzene rings is 2. The molecule has 7 heteroatoms. The predicted octanol–water partition coefficient (Wildman–Crippen LogP) is 4.97. The fourth-order valence-corrected chi connectivity index (χ4v) is 3.52. The molecule has 2 rings (SSSR count). The Labute approximate surface area is 168 Å². The Morgan fingerprint density at radius 3 is 2.46 bits per heavy atom. The number of ether oxygens (including phenoxy) is 1. The van der Waals surface area contributed by atoms with Gasteiger partial charge < -0.3 is 10.1 Å². The first-order valence-electron chi connectivity index (χ1n) is 7.19. The van der Waals surface area contributed by atoms with Gasteiger partial charge in [-0.2, -0.15) is 0 Å². The molecule has 4 nitrogen and oxygen atoms in total. The summed E-state index contributed by atoms with van der Waals surface area (Å²) in [6, 6.07) is 12.7. The Morgan fingerprint density at radius 1 is 1.21 bits per heavy atom. The van der Waals surface area contributed by atoms with Gasteiger partial charge in [0.25, 0.3) is 5.91 Å². The van der Waals surface area contributed by atoms with Gasteiger partial charge in [0.2, 0.25) is 0 Å². The molecule has 0 aromatic heterocycles. The summed E-state index contributed by atoms with van der Waals surface area (Å²) in [7, 11) is 0. The van der Waals surface area contributed by atoms with Crippen LogP contribution in [0.2, 0.25) is 0 Å². The summed E-state index contributed by atoms with van der Waals surface area (Å²) in [4.78, 5) is 12.2. The molecule has 1 amide bonds. The van der Waals surface area contributed by atoms with Crippen molar-refractivity contribution in [1.82, 2.24) is 5.32 Å². The fraction of sp³-hybridized carbons (Fsp3) is 0.176. The van der Waals surface area contributed by atoms with E-state index in [0.29, 0.717) is 5.56 Å². The summed E-state index contributed by atoms with van der Waals surface area (Å²) in [6.45, 7) is 3.91. The fourth-order valence-electron chi connectivity index (χ4n) is 1.88. The van der Waals surface area contributed by atoms with Crippen molar-refractivity contribution < 1.29 is 9.53 Å². The van der Waals surface area contributed by atoms with Crippen LogP contribution in [0.1, 0.15) is 24.2 Å². The first-order valence-corrected chi connectivity index (χ1v) is 9.47. The zero-order valence-corrected chi connectivity index (χ0v) is 17.7. The lowest BCUT2D eigenvalue weighted by Crippen LogP contribution is -2.34. The van der Waals surface area contributed by atoms with Gasteiger partial charge in [0.1, 0.15) is 5.75 Å². The van der Waals surface area contributed by atoms with Crippen molar-refractivity contribution in [1.29, 1.82) is 0 Å². The van der Waals surface area contributed by atoms with E-state index in [2.05, 4.69) is 49.2 Å². The molecule has 24 heavy (non-hydrogen) atoms. The van der Waals surface area contributed by atoms with Crippen LogP contribution in [-0.4, -0.2) is 17.1 Å². The van der Waals surface area contributed by atoms with Crippen molar-refractivity contribution >= 4 is 67.4 Å². The van der Waals surface area contributed by atoms with Gasteiger partial charge in [-0.1, -0.05) is 15.9 Å². The van der Waals surface area contributed by atoms with Crippen molar-refractivity contribution in [3.05, 3.63) is 56.1 Å². The molecule has 2 N–H and O–H groups in total. The second-order valence-electron chi connectivity index (χ2n) is 5.22. The van der Waals surface area contributed by atoms with Crippen molar-refractivity contribution in [2.45, 2.75) is 20.0 Å². The molecule has 0 aliphatic heterocycles. The first-order chi connectivity index (χ1) is 11.3. The largest absolute Gasteiger partial charge is 0.491 e. The second kappa shape index (κ2) is 8.77. The summed E-state index contributed by atoms with van der Waals surface area (Å²) in [6.07, 6.45) is 0.0924. The SMILES string of the molecule is CC(C)Oc1ccc(C(=O)NC(=S)Nc2ccc(Br)cc2I)cc1. The summed E-state index contributed by atoms with van der Waals surface area (Å²) in [5.74, 6) is 0.461. The van der Waals surface area contributed by atoms with Crippen LogP contribution in [0.25, 0.3) is 0 Å². The summed E-state index contributed by atoms with van der Waals surface area (Å²) < 4.78 is 7.53. The zero-order chi connectivity index (χ0) is 17.7. The third kappa shape index (κ3) is 5.71. The minimum Gasteiger partial charge on any atom is -0.491 e. The summed E-state index contributed by atoms with van der Waals surface area (Å²) in [5.41, 5.74) is 1.35. The Bertz CT molecular complexity index is 751. The van der Waals surface area contributed by atoms with E-state index >= 15 is 0 Å². The number of rotatable bonds is 4. The Hall–Kier alpha value is -1.19. The van der Waals surface area contributed by atoms with Gasteiger partial charge in [0.05, 0.1) is 11.8 Å². The molecule has 0 spiro atoms. The van der Waals surface area contributed by atoms with Crippen LogP contribution in [-0.2, 0) is 0 Å². The highest BCUT2D eigenvalue weighted by Crippen LogP contribution is 2.22. The Balaban J connectivity index is 1.97. The molecule has 0 heterocycles. The van der Waals surface area contributed by atoms with Crippen LogP contribution in [0.15, 0.2) is 46.9 Å². The molecule has 2 aromatic rings. The molecule has 2 aromatic carbocycles. The third-order valence-electron chi connectivity index (χ3n) is 2.89. The van der Waals surface area contributed by atoms with E-state index in [1.807, 2.05) is 32.0 Å². The van der Waals surface area contributed by atoms with Crippen LogP contribution in [0, 0.1) is 3.57 Å².